The average molecular weight is 212 g/mol. The lowest BCUT2D eigenvalue weighted by Gasteiger charge is -2.14. The van der Waals surface area contributed by atoms with E-state index in [-0.39, 0.29) is 18.0 Å². The minimum Gasteiger partial charge on any atom is -0.494 e. The topological polar surface area (TPSA) is 65.7 Å². The number of hydrogen-bond acceptors (Lipinski definition) is 4. The van der Waals surface area contributed by atoms with Gasteiger partial charge in [0.1, 0.15) is 0 Å². The average Bonchev–Trinajstić information content (AvgIpc) is 2.15. The first-order valence-electron chi connectivity index (χ1n) is 4.89. The SMILES string of the molecule is CCN(O)CCn1c(O)cc(C)cc1=O. The van der Waals surface area contributed by atoms with Gasteiger partial charge in [0.2, 0.25) is 0 Å². The van der Waals surface area contributed by atoms with E-state index in [1.165, 1.54) is 16.7 Å². The molecule has 1 aromatic rings. The number of hydroxylamine groups is 2. The Bertz CT molecular complexity index is 387. The largest absolute Gasteiger partial charge is 0.494 e. The number of hydrogen-bond donors (Lipinski definition) is 2. The number of rotatable bonds is 4. The highest BCUT2D eigenvalue weighted by molar-refractivity contribution is 5.19. The molecule has 0 unspecified atom stereocenters. The predicted molar refractivity (Wildman–Crippen MR) is 56.1 cm³/mol. The number of aromatic hydroxyl groups is 1. The molecule has 84 valence electrons. The highest BCUT2D eigenvalue weighted by Gasteiger charge is 2.05. The van der Waals surface area contributed by atoms with E-state index in [0.29, 0.717) is 13.1 Å². The molecule has 0 aliphatic heterocycles. The predicted octanol–water partition coefficient (Wildman–Crippen LogP) is 0.573. The van der Waals surface area contributed by atoms with E-state index in [0.717, 1.165) is 10.6 Å². The van der Waals surface area contributed by atoms with E-state index in [4.69, 9.17) is 0 Å². The fourth-order valence-electron chi connectivity index (χ4n) is 1.31. The molecule has 0 aromatic carbocycles. The smallest absolute Gasteiger partial charge is 0.253 e. The zero-order chi connectivity index (χ0) is 11.4. The van der Waals surface area contributed by atoms with Crippen LogP contribution in [0.1, 0.15) is 12.5 Å². The van der Waals surface area contributed by atoms with Crippen LogP contribution in [0.2, 0.25) is 0 Å². The van der Waals surface area contributed by atoms with Gasteiger partial charge in [-0.25, -0.2) is 0 Å². The lowest BCUT2D eigenvalue weighted by molar-refractivity contribution is -0.0885. The van der Waals surface area contributed by atoms with Crippen LogP contribution in [0.15, 0.2) is 16.9 Å². The fraction of sp³-hybridized carbons (Fsp3) is 0.500. The summed E-state index contributed by atoms with van der Waals surface area (Å²) in [6, 6.07) is 2.97. The second kappa shape index (κ2) is 4.95. The maximum atomic E-state index is 11.5. The summed E-state index contributed by atoms with van der Waals surface area (Å²) in [4.78, 5) is 11.5. The number of pyridine rings is 1. The molecule has 0 atom stereocenters. The summed E-state index contributed by atoms with van der Waals surface area (Å²) in [6.45, 7) is 4.62. The molecular formula is C10H16N2O3. The van der Waals surface area contributed by atoms with Gasteiger partial charge in [0.25, 0.3) is 5.56 Å². The van der Waals surface area contributed by atoms with Crippen LogP contribution in [-0.2, 0) is 6.54 Å². The van der Waals surface area contributed by atoms with Crippen molar-refractivity contribution in [3.63, 3.8) is 0 Å². The summed E-state index contributed by atoms with van der Waals surface area (Å²) >= 11 is 0. The van der Waals surface area contributed by atoms with E-state index >= 15 is 0 Å². The quantitative estimate of drug-likeness (QED) is 0.716. The first kappa shape index (κ1) is 11.7. The number of likely N-dealkylation sites (N-methyl/N-ethyl adjacent to an activating group) is 1. The summed E-state index contributed by atoms with van der Waals surface area (Å²) in [7, 11) is 0. The molecule has 5 nitrogen and oxygen atoms in total. The van der Waals surface area contributed by atoms with Gasteiger partial charge in [0.05, 0.1) is 0 Å². The molecule has 0 bridgehead atoms. The van der Waals surface area contributed by atoms with Crippen molar-refractivity contribution in [2.45, 2.75) is 20.4 Å². The monoisotopic (exact) mass is 212 g/mol. The molecule has 15 heavy (non-hydrogen) atoms. The van der Waals surface area contributed by atoms with Crippen LogP contribution in [-0.4, -0.2) is 33.0 Å². The third-order valence-corrected chi connectivity index (χ3v) is 2.20. The van der Waals surface area contributed by atoms with E-state index in [9.17, 15) is 15.1 Å². The second-order valence-electron chi connectivity index (χ2n) is 3.43. The molecule has 0 spiro atoms. The van der Waals surface area contributed by atoms with Crippen LogP contribution >= 0.6 is 0 Å². The van der Waals surface area contributed by atoms with Crippen molar-refractivity contribution < 1.29 is 10.3 Å². The van der Waals surface area contributed by atoms with Crippen molar-refractivity contribution in [3.05, 3.63) is 28.0 Å². The lowest BCUT2D eigenvalue weighted by atomic mass is 10.3. The maximum absolute atomic E-state index is 11.5. The van der Waals surface area contributed by atoms with Crippen LogP contribution in [0.25, 0.3) is 0 Å². The molecular weight excluding hydrogens is 196 g/mol. The van der Waals surface area contributed by atoms with Crippen molar-refractivity contribution in [2.75, 3.05) is 13.1 Å². The van der Waals surface area contributed by atoms with E-state index in [2.05, 4.69) is 0 Å². The highest BCUT2D eigenvalue weighted by Crippen LogP contribution is 2.07. The first-order valence-corrected chi connectivity index (χ1v) is 4.89. The number of aryl methyl sites for hydroxylation is 1. The third kappa shape index (κ3) is 3.07. The van der Waals surface area contributed by atoms with Crippen molar-refractivity contribution in [2.24, 2.45) is 0 Å². The van der Waals surface area contributed by atoms with Crippen molar-refractivity contribution in [1.82, 2.24) is 9.63 Å². The molecule has 1 heterocycles. The number of aromatic nitrogens is 1. The minimum absolute atomic E-state index is 0.0653. The molecule has 0 aliphatic carbocycles. The van der Waals surface area contributed by atoms with Gasteiger partial charge < -0.3 is 10.3 Å². The molecule has 0 radical (unpaired) electrons. The molecule has 1 rings (SSSR count). The van der Waals surface area contributed by atoms with Gasteiger partial charge in [-0.2, -0.15) is 5.06 Å². The van der Waals surface area contributed by atoms with Crippen molar-refractivity contribution >= 4 is 0 Å². The fourth-order valence-corrected chi connectivity index (χ4v) is 1.31. The van der Waals surface area contributed by atoms with Gasteiger partial charge in [0.15, 0.2) is 5.88 Å². The third-order valence-electron chi connectivity index (χ3n) is 2.20. The molecule has 1 aromatic heterocycles. The zero-order valence-electron chi connectivity index (χ0n) is 8.97. The van der Waals surface area contributed by atoms with Crippen LogP contribution in [0.4, 0.5) is 0 Å². The van der Waals surface area contributed by atoms with Crippen LogP contribution in [0.5, 0.6) is 5.88 Å². The molecule has 5 heteroatoms. The standard InChI is InChI=1S/C10H16N2O3/c1-3-11(15)4-5-12-9(13)6-8(2)7-10(12)14/h6-7,13,15H,3-5H2,1-2H3. The Balaban J connectivity index is 2.82. The lowest BCUT2D eigenvalue weighted by Crippen LogP contribution is -2.28. The van der Waals surface area contributed by atoms with Crippen LogP contribution in [0.3, 0.4) is 0 Å². The molecule has 0 amide bonds. The summed E-state index contributed by atoms with van der Waals surface area (Å²) in [5.41, 5.74) is 0.474. The normalized spacial score (nSPS) is 10.9. The Labute approximate surface area is 88.1 Å². The number of nitrogens with zero attached hydrogens (tertiary/aromatic N) is 2. The Morgan fingerprint density at radius 3 is 2.67 bits per heavy atom. The van der Waals surface area contributed by atoms with Crippen LogP contribution < -0.4 is 5.56 Å². The van der Waals surface area contributed by atoms with Crippen molar-refractivity contribution in [1.29, 1.82) is 0 Å². The molecule has 0 saturated carbocycles. The van der Waals surface area contributed by atoms with Gasteiger partial charge in [-0.15, -0.1) is 0 Å². The van der Waals surface area contributed by atoms with E-state index in [1.54, 1.807) is 13.8 Å². The molecule has 2 N–H and O–H groups in total. The summed E-state index contributed by atoms with van der Waals surface area (Å²) in [5, 5.41) is 19.8. The Morgan fingerprint density at radius 2 is 2.13 bits per heavy atom. The summed E-state index contributed by atoms with van der Waals surface area (Å²) < 4.78 is 1.23. The van der Waals surface area contributed by atoms with E-state index in [1.807, 2.05) is 0 Å². The van der Waals surface area contributed by atoms with Crippen molar-refractivity contribution in [3.8, 4) is 5.88 Å². The van der Waals surface area contributed by atoms with Gasteiger partial charge in [0, 0.05) is 31.8 Å². The second-order valence-corrected chi connectivity index (χ2v) is 3.43. The molecule has 0 fully saturated rings. The van der Waals surface area contributed by atoms with Gasteiger partial charge >= 0.3 is 0 Å². The summed E-state index contributed by atoms with van der Waals surface area (Å²) in [5.74, 6) is -0.0653. The minimum atomic E-state index is -0.253. The maximum Gasteiger partial charge on any atom is 0.253 e. The Kier molecular flexibility index (Phi) is 3.88. The van der Waals surface area contributed by atoms with E-state index < -0.39 is 0 Å². The Hall–Kier alpha value is -1.33. The highest BCUT2D eigenvalue weighted by atomic mass is 16.5. The first-order chi connectivity index (χ1) is 7.04. The van der Waals surface area contributed by atoms with Crippen LogP contribution in [0, 0.1) is 6.92 Å². The molecule has 0 saturated heterocycles. The van der Waals surface area contributed by atoms with Gasteiger partial charge in [-0.05, 0) is 12.5 Å². The van der Waals surface area contributed by atoms with Gasteiger partial charge in [-0.3, -0.25) is 9.36 Å². The molecule has 0 aliphatic rings. The summed E-state index contributed by atoms with van der Waals surface area (Å²) in [6.07, 6.45) is 0. The van der Waals surface area contributed by atoms with Gasteiger partial charge in [-0.1, -0.05) is 6.92 Å². The Morgan fingerprint density at radius 1 is 1.47 bits per heavy atom. The zero-order valence-corrected chi connectivity index (χ0v) is 8.97.